The molecule has 1 aliphatic rings. The molecule has 112 valence electrons. The molecule has 1 aromatic heterocycles. The van der Waals surface area contributed by atoms with Crippen molar-refractivity contribution < 1.29 is 0 Å². The fourth-order valence-corrected chi connectivity index (χ4v) is 4.28. The van der Waals surface area contributed by atoms with E-state index < -0.39 is 0 Å². The Morgan fingerprint density at radius 1 is 0.783 bits per heavy atom. The SMILES string of the molecule is CCn1c2ccccc2c2ccc3c(c21)-c1ccccc1CC3. The highest BCUT2D eigenvalue weighted by atomic mass is 15.0. The van der Waals surface area contributed by atoms with E-state index in [-0.39, 0.29) is 0 Å². The summed E-state index contributed by atoms with van der Waals surface area (Å²) in [6.07, 6.45) is 2.30. The molecule has 4 aromatic rings. The van der Waals surface area contributed by atoms with E-state index in [9.17, 15) is 0 Å². The summed E-state index contributed by atoms with van der Waals surface area (Å²) in [5.74, 6) is 0. The van der Waals surface area contributed by atoms with Crippen molar-refractivity contribution in [3.8, 4) is 11.1 Å². The quantitative estimate of drug-likeness (QED) is 0.432. The van der Waals surface area contributed by atoms with Crippen LogP contribution in [0.4, 0.5) is 0 Å². The Labute approximate surface area is 136 Å². The van der Waals surface area contributed by atoms with E-state index in [0.717, 1.165) is 19.4 Å². The lowest BCUT2D eigenvalue weighted by atomic mass is 9.84. The van der Waals surface area contributed by atoms with Crippen molar-refractivity contribution in [3.63, 3.8) is 0 Å². The number of nitrogens with zero attached hydrogens (tertiary/aromatic N) is 1. The van der Waals surface area contributed by atoms with Gasteiger partial charge in [0.2, 0.25) is 0 Å². The highest BCUT2D eigenvalue weighted by Crippen LogP contribution is 2.42. The molecule has 0 spiro atoms. The molecule has 0 aliphatic heterocycles. The second-order valence-corrected chi connectivity index (χ2v) is 6.41. The summed E-state index contributed by atoms with van der Waals surface area (Å²) < 4.78 is 2.49. The smallest absolute Gasteiger partial charge is 0.0573 e. The van der Waals surface area contributed by atoms with E-state index in [4.69, 9.17) is 0 Å². The molecular weight excluding hydrogens is 278 g/mol. The molecule has 1 nitrogen and oxygen atoms in total. The first-order valence-electron chi connectivity index (χ1n) is 8.49. The van der Waals surface area contributed by atoms with Gasteiger partial charge in [-0.15, -0.1) is 0 Å². The summed E-state index contributed by atoms with van der Waals surface area (Å²) in [6.45, 7) is 3.25. The van der Waals surface area contributed by atoms with Gasteiger partial charge in [0.15, 0.2) is 0 Å². The van der Waals surface area contributed by atoms with E-state index in [1.54, 1.807) is 0 Å². The number of rotatable bonds is 1. The van der Waals surface area contributed by atoms with E-state index in [1.165, 1.54) is 44.1 Å². The summed E-state index contributed by atoms with van der Waals surface area (Å²) in [6, 6.07) is 22.4. The molecule has 1 heteroatoms. The molecule has 5 rings (SSSR count). The maximum Gasteiger partial charge on any atom is 0.0573 e. The Balaban J connectivity index is 2.02. The zero-order valence-corrected chi connectivity index (χ0v) is 13.3. The third-order valence-electron chi connectivity index (χ3n) is 5.29. The molecule has 1 heterocycles. The Hall–Kier alpha value is -2.54. The predicted molar refractivity (Wildman–Crippen MR) is 98.0 cm³/mol. The zero-order valence-electron chi connectivity index (χ0n) is 13.3. The first-order valence-corrected chi connectivity index (χ1v) is 8.49. The molecule has 0 bridgehead atoms. The van der Waals surface area contributed by atoms with Crippen LogP contribution in [0.25, 0.3) is 32.9 Å². The van der Waals surface area contributed by atoms with Crippen LogP contribution in [0.2, 0.25) is 0 Å². The molecule has 0 radical (unpaired) electrons. The molecule has 0 saturated carbocycles. The second-order valence-electron chi connectivity index (χ2n) is 6.41. The van der Waals surface area contributed by atoms with Crippen LogP contribution in [0.1, 0.15) is 18.1 Å². The van der Waals surface area contributed by atoms with Crippen LogP contribution in [0, 0.1) is 0 Å². The average molecular weight is 297 g/mol. The van der Waals surface area contributed by atoms with E-state index in [0.29, 0.717) is 0 Å². The van der Waals surface area contributed by atoms with Gasteiger partial charge in [0, 0.05) is 28.4 Å². The minimum Gasteiger partial charge on any atom is -0.340 e. The first-order chi connectivity index (χ1) is 11.4. The number of aryl methyl sites for hydroxylation is 3. The lowest BCUT2D eigenvalue weighted by Gasteiger charge is -2.21. The normalized spacial score (nSPS) is 13.3. The van der Waals surface area contributed by atoms with Gasteiger partial charge >= 0.3 is 0 Å². The van der Waals surface area contributed by atoms with Crippen molar-refractivity contribution in [2.45, 2.75) is 26.3 Å². The third kappa shape index (κ3) is 1.68. The molecular formula is C22H19N. The lowest BCUT2D eigenvalue weighted by Crippen LogP contribution is -2.06. The molecule has 0 atom stereocenters. The zero-order chi connectivity index (χ0) is 15.4. The fraction of sp³-hybridized carbons (Fsp3) is 0.182. The van der Waals surface area contributed by atoms with Crippen molar-refractivity contribution in [3.05, 3.63) is 71.8 Å². The number of fused-ring (bicyclic) bond motifs is 7. The van der Waals surface area contributed by atoms with Crippen LogP contribution in [0.3, 0.4) is 0 Å². The summed E-state index contributed by atoms with van der Waals surface area (Å²) in [5.41, 5.74) is 8.63. The number of aromatic nitrogens is 1. The maximum atomic E-state index is 2.49. The maximum absolute atomic E-state index is 2.49. The summed E-state index contributed by atoms with van der Waals surface area (Å²) in [5, 5.41) is 2.76. The number of para-hydroxylation sites is 1. The van der Waals surface area contributed by atoms with E-state index >= 15 is 0 Å². The monoisotopic (exact) mass is 297 g/mol. The van der Waals surface area contributed by atoms with Gasteiger partial charge in [-0.1, -0.05) is 54.6 Å². The summed E-state index contributed by atoms with van der Waals surface area (Å²) >= 11 is 0. The molecule has 0 amide bonds. The largest absolute Gasteiger partial charge is 0.340 e. The highest BCUT2D eigenvalue weighted by Gasteiger charge is 2.21. The molecule has 0 fully saturated rings. The van der Waals surface area contributed by atoms with Gasteiger partial charge in [-0.25, -0.2) is 0 Å². The molecule has 0 unspecified atom stereocenters. The third-order valence-corrected chi connectivity index (χ3v) is 5.29. The number of benzene rings is 3. The van der Waals surface area contributed by atoms with Gasteiger partial charge in [-0.05, 0) is 42.5 Å². The number of hydrogen-bond acceptors (Lipinski definition) is 0. The van der Waals surface area contributed by atoms with E-state index in [2.05, 4.69) is 72.2 Å². The van der Waals surface area contributed by atoms with Crippen LogP contribution >= 0.6 is 0 Å². The summed E-state index contributed by atoms with van der Waals surface area (Å²) in [7, 11) is 0. The number of hydrogen-bond donors (Lipinski definition) is 0. The van der Waals surface area contributed by atoms with Gasteiger partial charge in [0.05, 0.1) is 5.52 Å². The van der Waals surface area contributed by atoms with Gasteiger partial charge in [-0.3, -0.25) is 0 Å². The topological polar surface area (TPSA) is 4.93 Å². The summed E-state index contributed by atoms with van der Waals surface area (Å²) in [4.78, 5) is 0. The molecule has 23 heavy (non-hydrogen) atoms. The van der Waals surface area contributed by atoms with Crippen LogP contribution < -0.4 is 0 Å². The van der Waals surface area contributed by atoms with E-state index in [1.807, 2.05) is 0 Å². The first kappa shape index (κ1) is 13.0. The molecule has 1 aliphatic carbocycles. The van der Waals surface area contributed by atoms with Gasteiger partial charge in [0.1, 0.15) is 0 Å². The van der Waals surface area contributed by atoms with Crippen molar-refractivity contribution in [2.75, 3.05) is 0 Å². The Morgan fingerprint density at radius 3 is 2.48 bits per heavy atom. The van der Waals surface area contributed by atoms with Crippen LogP contribution in [-0.2, 0) is 19.4 Å². The standard InChI is InChI=1S/C22H19N/c1-2-23-20-10-6-5-9-18(20)19-14-13-16-12-11-15-7-3-4-8-17(15)21(16)22(19)23/h3-10,13-14H,2,11-12H2,1H3. The van der Waals surface area contributed by atoms with Crippen molar-refractivity contribution in [2.24, 2.45) is 0 Å². The van der Waals surface area contributed by atoms with Crippen LogP contribution in [-0.4, -0.2) is 4.57 Å². The Kier molecular flexibility index (Phi) is 2.66. The second kappa shape index (κ2) is 4.73. The van der Waals surface area contributed by atoms with Gasteiger partial charge < -0.3 is 4.57 Å². The molecule has 0 saturated heterocycles. The minimum atomic E-state index is 1.00. The minimum absolute atomic E-state index is 1.00. The predicted octanol–water partition coefficient (Wildman–Crippen LogP) is 5.58. The van der Waals surface area contributed by atoms with Gasteiger partial charge in [-0.2, -0.15) is 0 Å². The van der Waals surface area contributed by atoms with Crippen molar-refractivity contribution in [1.29, 1.82) is 0 Å². The van der Waals surface area contributed by atoms with Crippen molar-refractivity contribution in [1.82, 2.24) is 4.57 Å². The molecule has 0 N–H and O–H groups in total. The molecule has 3 aromatic carbocycles. The Morgan fingerprint density at radius 2 is 1.57 bits per heavy atom. The van der Waals surface area contributed by atoms with Crippen molar-refractivity contribution >= 4 is 21.8 Å². The van der Waals surface area contributed by atoms with Crippen LogP contribution in [0.5, 0.6) is 0 Å². The lowest BCUT2D eigenvalue weighted by molar-refractivity contribution is 0.825. The highest BCUT2D eigenvalue weighted by molar-refractivity contribution is 6.13. The Bertz CT molecular complexity index is 1050. The fourth-order valence-electron chi connectivity index (χ4n) is 4.28. The average Bonchev–Trinajstić information content (AvgIpc) is 2.95. The van der Waals surface area contributed by atoms with Crippen LogP contribution in [0.15, 0.2) is 60.7 Å². The van der Waals surface area contributed by atoms with Gasteiger partial charge in [0.25, 0.3) is 0 Å².